The lowest BCUT2D eigenvalue weighted by molar-refractivity contribution is -0.136. The van der Waals surface area contributed by atoms with Crippen LogP contribution >= 0.6 is 0 Å². The highest BCUT2D eigenvalue weighted by Crippen LogP contribution is 2.62. The Balaban J connectivity index is 0.961. The topological polar surface area (TPSA) is 193 Å². The number of methoxy groups -OCH3 is 2. The predicted octanol–water partition coefficient (Wildman–Crippen LogP) is 6.40. The first-order valence-corrected chi connectivity index (χ1v) is 21.3. The number of nitrogens with one attached hydrogen (secondary N) is 3. The van der Waals surface area contributed by atoms with Crippen molar-refractivity contribution >= 4 is 35.4 Å². The summed E-state index contributed by atoms with van der Waals surface area (Å²) in [6.07, 6.45) is 5.87. The van der Waals surface area contributed by atoms with E-state index in [0.717, 1.165) is 96.5 Å². The number of rotatable bonds is 12. The van der Waals surface area contributed by atoms with E-state index in [1.807, 2.05) is 44.7 Å². The molecule has 1 aliphatic carbocycles. The number of carbonyl (C=O) groups is 4. The second-order valence-corrected chi connectivity index (χ2v) is 16.8. The number of alkyl carbamates (subject to hydrolysis) is 2. The predicted molar refractivity (Wildman–Crippen MR) is 223 cm³/mol. The number of benzene rings is 2. The largest absolute Gasteiger partial charge is 0.457 e. The fraction of sp³-hybridized carbons (Fsp3) is 0.545. The first-order chi connectivity index (χ1) is 29.0. The van der Waals surface area contributed by atoms with E-state index in [0.29, 0.717) is 31.2 Å². The molecule has 0 bridgehead atoms. The van der Waals surface area contributed by atoms with Crippen molar-refractivity contribution in [3.05, 3.63) is 58.9 Å². The van der Waals surface area contributed by atoms with Gasteiger partial charge in [0.1, 0.15) is 29.4 Å². The molecule has 16 heteroatoms. The first-order valence-electron chi connectivity index (χ1n) is 21.3. The standard InChI is InChI=1S/C44H55N9O7/c1-7-24(3)36(45-42(56)58-5)40(54)52-19-9-11-32(52)31-23-30(48-49-31)26-13-15-28-35(22-26)60-34-16-14-27(21-29(34)44(28)17-18-44)38-47-39(51-50-38)33-12-10-20-53(33)41(55)37(25(4)8-2)46-43(57)59-6/h13-16,21-22,24-25,32-33,36-37H,7-12,17-20,23H2,1-6H3,(H,45,56)(H,46,57)(H,47,50,51)/t24-,25-,32-,33-,36-,37-/m0/s1. The Morgan fingerprint density at radius 2 is 1.43 bits per heavy atom. The SMILES string of the molecule is CC[C@H](C)[C@H](NC(=O)OC)C(=O)N1CCC[C@H]1C1=NN=C(c2ccc3c(c2)Oc2ccc(-c4n[nH]c([C@@H]5CCCN5C(=O)[C@@H](NC(=O)OC)[C@@H](C)CC)n4)cc2C32CC2)C1. The summed E-state index contributed by atoms with van der Waals surface area (Å²) in [5.41, 5.74) is 5.50. The van der Waals surface area contributed by atoms with Crippen LogP contribution in [0.25, 0.3) is 11.4 Å². The minimum absolute atomic E-state index is 0.0636. The number of likely N-dealkylation sites (tertiary alicyclic amines) is 2. The van der Waals surface area contributed by atoms with E-state index in [-0.39, 0.29) is 41.1 Å². The minimum atomic E-state index is -0.705. The lowest BCUT2D eigenvalue weighted by atomic mass is 9.83. The third-order valence-corrected chi connectivity index (χ3v) is 13.4. The zero-order chi connectivity index (χ0) is 42.3. The Morgan fingerprint density at radius 3 is 2.05 bits per heavy atom. The fourth-order valence-corrected chi connectivity index (χ4v) is 9.29. The number of aromatic nitrogens is 3. The molecule has 4 aliphatic heterocycles. The van der Waals surface area contributed by atoms with E-state index in [9.17, 15) is 19.2 Å². The van der Waals surface area contributed by atoms with Crippen molar-refractivity contribution in [3.8, 4) is 22.9 Å². The first kappa shape index (κ1) is 41.0. The van der Waals surface area contributed by atoms with E-state index < -0.39 is 24.3 Å². The van der Waals surface area contributed by atoms with Crippen molar-refractivity contribution in [1.82, 2.24) is 35.6 Å². The van der Waals surface area contributed by atoms with Gasteiger partial charge in [0, 0.05) is 47.2 Å². The van der Waals surface area contributed by atoms with Crippen molar-refractivity contribution < 1.29 is 33.4 Å². The summed E-state index contributed by atoms with van der Waals surface area (Å²) in [6.45, 7) is 9.06. The van der Waals surface area contributed by atoms with Gasteiger partial charge in [0.2, 0.25) is 11.8 Å². The van der Waals surface area contributed by atoms with Crippen LogP contribution in [0.2, 0.25) is 0 Å². The Morgan fingerprint density at radius 1 is 0.817 bits per heavy atom. The van der Waals surface area contributed by atoms with Crippen LogP contribution in [0, 0.1) is 11.8 Å². The Labute approximate surface area is 349 Å². The summed E-state index contributed by atoms with van der Waals surface area (Å²) in [6, 6.07) is 10.5. The number of hydrogen-bond acceptors (Lipinski definition) is 11. The number of aromatic amines is 1. The van der Waals surface area contributed by atoms with Crippen molar-refractivity contribution in [2.24, 2.45) is 22.0 Å². The average molecular weight is 822 g/mol. The van der Waals surface area contributed by atoms with Crippen LogP contribution in [-0.4, -0.2) is 106 Å². The molecule has 318 valence electrons. The molecule has 1 aromatic heterocycles. The highest BCUT2D eigenvalue weighted by molar-refractivity contribution is 6.17. The molecule has 3 fully saturated rings. The lowest BCUT2D eigenvalue weighted by Gasteiger charge is -2.31. The van der Waals surface area contributed by atoms with Gasteiger partial charge in [0.25, 0.3) is 0 Å². The summed E-state index contributed by atoms with van der Waals surface area (Å²) in [5, 5.41) is 22.5. The molecule has 0 radical (unpaired) electrons. The van der Waals surface area contributed by atoms with Gasteiger partial charge in [-0.2, -0.15) is 15.3 Å². The van der Waals surface area contributed by atoms with Gasteiger partial charge in [-0.1, -0.05) is 52.7 Å². The van der Waals surface area contributed by atoms with Crippen molar-refractivity contribution in [2.75, 3.05) is 27.3 Å². The third-order valence-electron chi connectivity index (χ3n) is 13.4. The molecule has 6 atom stereocenters. The number of hydrogen-bond donors (Lipinski definition) is 3. The molecule has 4 amide bonds. The molecule has 16 nitrogen and oxygen atoms in total. The molecular formula is C44H55N9O7. The molecule has 60 heavy (non-hydrogen) atoms. The lowest BCUT2D eigenvalue weighted by Crippen LogP contribution is -2.54. The minimum Gasteiger partial charge on any atom is -0.457 e. The number of fused-ring (bicyclic) bond motifs is 4. The molecule has 3 aromatic rings. The van der Waals surface area contributed by atoms with Gasteiger partial charge in [-0.15, -0.1) is 0 Å². The molecule has 8 rings (SSSR count). The van der Waals surface area contributed by atoms with Crippen LogP contribution in [0.5, 0.6) is 11.5 Å². The zero-order valence-electron chi connectivity index (χ0n) is 35.2. The van der Waals surface area contributed by atoms with Gasteiger partial charge >= 0.3 is 12.2 Å². The van der Waals surface area contributed by atoms with Gasteiger partial charge < -0.3 is 34.6 Å². The molecule has 5 aliphatic rings. The van der Waals surface area contributed by atoms with E-state index in [1.54, 1.807) is 4.90 Å². The van der Waals surface area contributed by atoms with E-state index in [2.05, 4.69) is 55.3 Å². The maximum Gasteiger partial charge on any atom is 0.407 e. The van der Waals surface area contributed by atoms with Crippen LogP contribution in [0.4, 0.5) is 9.59 Å². The second kappa shape index (κ2) is 16.7. The normalized spacial score (nSPS) is 21.8. The van der Waals surface area contributed by atoms with E-state index in [4.69, 9.17) is 19.2 Å². The number of amides is 4. The summed E-state index contributed by atoms with van der Waals surface area (Å²) >= 11 is 0. The Hall–Kier alpha value is -5.80. The fourth-order valence-electron chi connectivity index (χ4n) is 9.29. The van der Waals surface area contributed by atoms with E-state index in [1.165, 1.54) is 14.2 Å². The van der Waals surface area contributed by atoms with Crippen molar-refractivity contribution in [3.63, 3.8) is 0 Å². The third kappa shape index (κ3) is 7.49. The van der Waals surface area contributed by atoms with Crippen LogP contribution in [0.1, 0.15) is 114 Å². The molecular weight excluding hydrogens is 767 g/mol. The number of carbonyl (C=O) groups excluding carboxylic acids is 4. The maximum absolute atomic E-state index is 13.8. The van der Waals surface area contributed by atoms with Gasteiger partial charge in [0.05, 0.1) is 37.7 Å². The summed E-state index contributed by atoms with van der Waals surface area (Å²) in [4.78, 5) is 60.5. The molecule has 0 unspecified atom stereocenters. The van der Waals surface area contributed by atoms with E-state index >= 15 is 0 Å². The van der Waals surface area contributed by atoms with Crippen LogP contribution in [-0.2, 0) is 24.5 Å². The van der Waals surface area contributed by atoms with Gasteiger partial charge in [-0.3, -0.25) is 14.7 Å². The molecule has 5 heterocycles. The summed E-state index contributed by atoms with van der Waals surface area (Å²) in [5.74, 6) is 2.34. The maximum atomic E-state index is 13.8. The molecule has 2 aromatic carbocycles. The Kier molecular flexibility index (Phi) is 11.4. The van der Waals surface area contributed by atoms with Gasteiger partial charge in [-0.25, -0.2) is 14.6 Å². The van der Waals surface area contributed by atoms with Crippen LogP contribution in [0.15, 0.2) is 46.6 Å². The highest BCUT2D eigenvalue weighted by atomic mass is 16.5. The number of H-pyrrole nitrogens is 1. The van der Waals surface area contributed by atoms with Crippen molar-refractivity contribution in [1.29, 1.82) is 0 Å². The zero-order valence-corrected chi connectivity index (χ0v) is 35.2. The summed E-state index contributed by atoms with van der Waals surface area (Å²) in [7, 11) is 2.60. The molecule has 1 saturated carbocycles. The summed E-state index contributed by atoms with van der Waals surface area (Å²) < 4.78 is 16.3. The number of ether oxygens (including phenoxy) is 3. The molecule has 2 saturated heterocycles. The average Bonchev–Trinajstić information content (AvgIpc) is 3.84. The Bertz CT molecular complexity index is 2230. The highest BCUT2D eigenvalue weighted by Gasteiger charge is 2.52. The van der Waals surface area contributed by atoms with Gasteiger partial charge in [-0.05, 0) is 74.6 Å². The quantitative estimate of drug-likeness (QED) is 0.185. The van der Waals surface area contributed by atoms with Gasteiger partial charge in [0.15, 0.2) is 5.82 Å². The molecule has 3 N–H and O–H groups in total. The van der Waals surface area contributed by atoms with Crippen LogP contribution < -0.4 is 15.4 Å². The van der Waals surface area contributed by atoms with Crippen LogP contribution in [0.3, 0.4) is 0 Å². The second-order valence-electron chi connectivity index (χ2n) is 16.8. The monoisotopic (exact) mass is 821 g/mol. The molecule has 1 spiro atoms. The number of nitrogens with zero attached hydrogens (tertiary/aromatic N) is 6. The van der Waals surface area contributed by atoms with Crippen molar-refractivity contribution in [2.45, 2.75) is 115 Å². The smallest absolute Gasteiger partial charge is 0.407 e.